The smallest absolute Gasteiger partial charge is 0.259 e. The number of aromatic amines is 1. The van der Waals surface area contributed by atoms with E-state index in [9.17, 15) is 21.6 Å². The van der Waals surface area contributed by atoms with E-state index in [0.717, 1.165) is 12.3 Å². The van der Waals surface area contributed by atoms with Gasteiger partial charge in [-0.25, -0.2) is 13.4 Å². The Morgan fingerprint density at radius 2 is 1.78 bits per heavy atom. The zero-order valence-electron chi connectivity index (χ0n) is 14.1. The van der Waals surface area contributed by atoms with Crippen molar-refractivity contribution in [2.45, 2.75) is 11.1 Å². The highest BCUT2D eigenvalue weighted by atomic mass is 32.2. The number of H-pyrrole nitrogens is 1. The van der Waals surface area contributed by atoms with Gasteiger partial charge in [-0.05, 0) is 24.3 Å². The van der Waals surface area contributed by atoms with Gasteiger partial charge in [-0.15, -0.1) is 0 Å². The zero-order valence-corrected chi connectivity index (χ0v) is 14.9. The number of nitriles is 1. The van der Waals surface area contributed by atoms with Crippen LogP contribution in [0.3, 0.4) is 0 Å². The third-order valence-corrected chi connectivity index (χ3v) is 6.20. The van der Waals surface area contributed by atoms with Gasteiger partial charge in [0.1, 0.15) is 6.20 Å². The maximum Gasteiger partial charge on any atom is 0.419 e. The number of anilines is 1. The number of hydrogen-bond acceptors (Lipinski definition) is 4. The van der Waals surface area contributed by atoms with Crippen molar-refractivity contribution in [2.24, 2.45) is 0 Å². The summed E-state index contributed by atoms with van der Waals surface area (Å²) in [6, 6.07) is 10.0. The van der Waals surface area contributed by atoms with Crippen molar-refractivity contribution in [3.8, 4) is 6.07 Å². The quantitative estimate of drug-likeness (QED) is 0.793. The van der Waals surface area contributed by atoms with Crippen molar-refractivity contribution in [1.29, 1.82) is 5.26 Å². The maximum atomic E-state index is 12.7. The van der Waals surface area contributed by atoms with E-state index in [4.69, 9.17) is 5.26 Å². The van der Waals surface area contributed by atoms with Gasteiger partial charge in [-0.1, -0.05) is 6.07 Å². The van der Waals surface area contributed by atoms with Gasteiger partial charge in [0.15, 0.2) is 0 Å². The molecule has 1 fully saturated rings. The summed E-state index contributed by atoms with van der Waals surface area (Å²) < 4.78 is 64.6. The Balaban J connectivity index is 1.70. The monoisotopic (exact) mass is 397 g/mol. The molecule has 0 amide bonds. The standard InChI is InChI=1S/C17H15F3N4O2S/c18-17(19,20)14-4-5-16(22-12-14)23-6-8-24(9-7-23)27(25,26)15-3-1-2-13(10-15)11-21/h1-5,10,12H,6-9H2/p+1. The fourth-order valence-corrected chi connectivity index (χ4v) is 4.30. The molecular weight excluding hydrogens is 381 g/mol. The summed E-state index contributed by atoms with van der Waals surface area (Å²) in [6.07, 6.45) is -3.52. The number of benzene rings is 1. The third-order valence-electron chi connectivity index (χ3n) is 4.30. The largest absolute Gasteiger partial charge is 0.419 e. The lowest BCUT2D eigenvalue weighted by atomic mass is 10.2. The lowest BCUT2D eigenvalue weighted by molar-refractivity contribution is -0.367. The summed E-state index contributed by atoms with van der Waals surface area (Å²) >= 11 is 0. The van der Waals surface area contributed by atoms with Crippen LogP contribution in [0.25, 0.3) is 0 Å². The summed E-state index contributed by atoms with van der Waals surface area (Å²) in [4.78, 5) is 4.46. The first-order valence-electron chi connectivity index (χ1n) is 8.06. The molecule has 0 unspecified atom stereocenters. The van der Waals surface area contributed by atoms with Crippen LogP contribution >= 0.6 is 0 Å². The van der Waals surface area contributed by atoms with E-state index in [1.165, 1.54) is 34.6 Å². The molecule has 1 N–H and O–H groups in total. The topological polar surface area (TPSA) is 78.5 Å². The number of halogens is 3. The second-order valence-electron chi connectivity index (χ2n) is 5.99. The maximum absolute atomic E-state index is 12.7. The first kappa shape index (κ1) is 19.1. The molecule has 10 heteroatoms. The number of rotatable bonds is 3. The minimum atomic E-state index is -4.42. The molecule has 2 heterocycles. The molecular formula is C17H16F3N4O2S+. The van der Waals surface area contributed by atoms with E-state index in [2.05, 4.69) is 4.98 Å². The van der Waals surface area contributed by atoms with Crippen LogP contribution in [0.2, 0.25) is 0 Å². The van der Waals surface area contributed by atoms with Crippen LogP contribution in [0.15, 0.2) is 47.5 Å². The van der Waals surface area contributed by atoms with Gasteiger partial charge in [-0.2, -0.15) is 22.7 Å². The molecule has 1 aliphatic rings. The van der Waals surface area contributed by atoms with Gasteiger partial charge in [0.25, 0.3) is 5.82 Å². The molecule has 27 heavy (non-hydrogen) atoms. The Labute approximate surface area is 154 Å². The summed E-state index contributed by atoms with van der Waals surface area (Å²) in [5, 5.41) is 8.93. The number of pyridine rings is 1. The predicted molar refractivity (Wildman–Crippen MR) is 90.1 cm³/mol. The predicted octanol–water partition coefficient (Wildman–Crippen LogP) is 1.90. The number of aromatic nitrogens is 1. The van der Waals surface area contributed by atoms with Crippen LogP contribution in [0.1, 0.15) is 11.1 Å². The summed E-state index contributed by atoms with van der Waals surface area (Å²) in [6.45, 7) is 1.04. The first-order chi connectivity index (χ1) is 12.7. The van der Waals surface area contributed by atoms with Gasteiger partial charge < -0.3 is 0 Å². The van der Waals surface area contributed by atoms with Crippen molar-refractivity contribution >= 4 is 15.8 Å². The van der Waals surface area contributed by atoms with Crippen LogP contribution in [0.4, 0.5) is 19.0 Å². The molecule has 1 aromatic heterocycles. The number of sulfonamides is 1. The Morgan fingerprint density at radius 3 is 2.33 bits per heavy atom. The average Bonchev–Trinajstić information content (AvgIpc) is 2.67. The van der Waals surface area contributed by atoms with E-state index in [0.29, 0.717) is 18.9 Å². The SMILES string of the molecule is N#Cc1cccc(S(=O)(=O)N2CCN(c3ccc(C(F)(F)F)c[nH+]3)CC2)c1. The van der Waals surface area contributed by atoms with Crippen LogP contribution in [-0.2, 0) is 16.2 Å². The Bertz CT molecular complexity index is 961. The molecule has 142 valence electrons. The highest BCUT2D eigenvalue weighted by Crippen LogP contribution is 2.28. The molecule has 1 saturated heterocycles. The number of piperazine rings is 1. The summed E-state index contributed by atoms with van der Waals surface area (Å²) in [5.41, 5.74) is -0.515. The normalized spacial score (nSPS) is 16.1. The fourth-order valence-electron chi connectivity index (χ4n) is 2.83. The Kier molecular flexibility index (Phi) is 5.08. The van der Waals surface area contributed by atoms with Gasteiger partial charge in [0.05, 0.1) is 48.3 Å². The number of hydrogen-bond donors (Lipinski definition) is 0. The molecule has 1 aliphatic heterocycles. The van der Waals surface area contributed by atoms with Crippen molar-refractivity contribution in [2.75, 3.05) is 31.1 Å². The van der Waals surface area contributed by atoms with Crippen LogP contribution < -0.4 is 9.88 Å². The third kappa shape index (κ3) is 4.04. The van der Waals surface area contributed by atoms with Crippen molar-refractivity contribution in [3.05, 3.63) is 53.7 Å². The van der Waals surface area contributed by atoms with Gasteiger partial charge in [-0.3, -0.25) is 4.90 Å². The second-order valence-corrected chi connectivity index (χ2v) is 7.93. The highest BCUT2D eigenvalue weighted by Gasteiger charge is 2.34. The average molecular weight is 397 g/mol. The van der Waals surface area contributed by atoms with Crippen molar-refractivity contribution in [3.63, 3.8) is 0 Å². The molecule has 2 aromatic rings. The molecule has 1 aromatic carbocycles. The second kappa shape index (κ2) is 7.17. The molecule has 0 spiro atoms. The first-order valence-corrected chi connectivity index (χ1v) is 9.50. The number of nitrogens with one attached hydrogen (secondary N) is 1. The van der Waals surface area contributed by atoms with E-state index >= 15 is 0 Å². The van der Waals surface area contributed by atoms with E-state index in [1.54, 1.807) is 4.90 Å². The minimum absolute atomic E-state index is 0.0519. The molecule has 3 rings (SSSR count). The molecule has 0 atom stereocenters. The van der Waals surface area contributed by atoms with Gasteiger partial charge in [0, 0.05) is 6.07 Å². The Morgan fingerprint density at radius 1 is 1.07 bits per heavy atom. The molecule has 0 radical (unpaired) electrons. The summed E-state index contributed by atoms with van der Waals surface area (Å²) in [7, 11) is -3.73. The molecule has 0 bridgehead atoms. The molecule has 0 saturated carbocycles. The summed E-state index contributed by atoms with van der Waals surface area (Å²) in [5.74, 6) is 0.492. The lowest BCUT2D eigenvalue weighted by Crippen LogP contribution is -2.49. The highest BCUT2D eigenvalue weighted by molar-refractivity contribution is 7.89. The molecule has 6 nitrogen and oxygen atoms in total. The van der Waals surface area contributed by atoms with Crippen molar-refractivity contribution < 1.29 is 26.6 Å². The lowest BCUT2D eigenvalue weighted by Gasteiger charge is -2.30. The van der Waals surface area contributed by atoms with E-state index < -0.39 is 21.8 Å². The Hall–Kier alpha value is -2.64. The number of alkyl halides is 3. The van der Waals surface area contributed by atoms with Crippen LogP contribution in [-0.4, -0.2) is 38.9 Å². The number of nitrogens with zero attached hydrogens (tertiary/aromatic N) is 3. The van der Waals surface area contributed by atoms with E-state index in [-0.39, 0.29) is 23.5 Å². The van der Waals surface area contributed by atoms with Crippen molar-refractivity contribution in [1.82, 2.24) is 4.31 Å². The van der Waals surface area contributed by atoms with Crippen LogP contribution in [0.5, 0.6) is 0 Å². The van der Waals surface area contributed by atoms with E-state index in [1.807, 2.05) is 6.07 Å². The molecule has 0 aliphatic carbocycles. The van der Waals surface area contributed by atoms with Gasteiger partial charge in [0.2, 0.25) is 10.0 Å². The van der Waals surface area contributed by atoms with Gasteiger partial charge >= 0.3 is 6.18 Å². The zero-order chi connectivity index (χ0) is 19.7. The minimum Gasteiger partial charge on any atom is -0.259 e. The fraction of sp³-hybridized carbons (Fsp3) is 0.294. The van der Waals surface area contributed by atoms with Crippen LogP contribution in [0, 0.1) is 11.3 Å².